The van der Waals surface area contributed by atoms with E-state index in [1.54, 1.807) is 0 Å². The molecule has 0 fully saturated rings. The lowest BCUT2D eigenvalue weighted by Gasteiger charge is -2.18. The Morgan fingerprint density at radius 1 is 1.24 bits per heavy atom. The van der Waals surface area contributed by atoms with Gasteiger partial charge in [-0.05, 0) is 32.1 Å². The number of rotatable bonds is 5. The van der Waals surface area contributed by atoms with Gasteiger partial charge in [-0.2, -0.15) is 5.10 Å². The first-order valence-corrected chi connectivity index (χ1v) is 7.68. The lowest BCUT2D eigenvalue weighted by molar-refractivity contribution is 0.365. The van der Waals surface area contributed by atoms with Crippen molar-refractivity contribution in [2.24, 2.45) is 17.5 Å². The van der Waals surface area contributed by atoms with Crippen LogP contribution in [0.25, 0.3) is 0 Å². The van der Waals surface area contributed by atoms with Gasteiger partial charge in [-0.3, -0.25) is 9.67 Å². The number of hydrogen-bond acceptors (Lipinski definition) is 2. The van der Waals surface area contributed by atoms with E-state index in [2.05, 4.69) is 48.4 Å². The molecule has 0 bridgehead atoms. The summed E-state index contributed by atoms with van der Waals surface area (Å²) in [5.74, 6) is 0.853. The summed E-state index contributed by atoms with van der Waals surface area (Å²) in [5, 5.41) is 11.2. The summed E-state index contributed by atoms with van der Waals surface area (Å²) in [5.41, 5.74) is 3.91. The molecule has 21 heavy (non-hydrogen) atoms. The van der Waals surface area contributed by atoms with Crippen LogP contribution in [0.5, 0.6) is 0 Å². The summed E-state index contributed by atoms with van der Waals surface area (Å²) in [6, 6.07) is 0. The largest absolute Gasteiger partial charge is 0.356 e. The molecule has 0 amide bonds. The molecule has 0 saturated carbocycles. The summed E-state index contributed by atoms with van der Waals surface area (Å²) < 4.78 is 1.92. The van der Waals surface area contributed by atoms with Crippen molar-refractivity contribution in [3.05, 3.63) is 17.0 Å². The standard InChI is InChI=1S/C16H31N5/c1-12-14(13(2)21(7)20-12)11-19-15(17-6)18-10-8-9-16(3,4)5/h8-11H2,1-7H3,(H2,17,18,19). The first-order chi connectivity index (χ1) is 9.74. The molecule has 0 aliphatic rings. The summed E-state index contributed by atoms with van der Waals surface area (Å²) in [6.45, 7) is 12.7. The maximum Gasteiger partial charge on any atom is 0.191 e. The zero-order chi connectivity index (χ0) is 16.0. The number of nitrogens with zero attached hydrogens (tertiary/aromatic N) is 3. The molecule has 0 aromatic carbocycles. The number of nitrogens with one attached hydrogen (secondary N) is 2. The molecule has 1 rings (SSSR count). The number of hydrogen-bond donors (Lipinski definition) is 2. The van der Waals surface area contributed by atoms with Crippen molar-refractivity contribution in [1.29, 1.82) is 0 Å². The fourth-order valence-electron chi connectivity index (χ4n) is 2.29. The van der Waals surface area contributed by atoms with Crippen molar-refractivity contribution in [3.8, 4) is 0 Å². The lowest BCUT2D eigenvalue weighted by Crippen LogP contribution is -2.37. The van der Waals surface area contributed by atoms with Gasteiger partial charge in [0, 0.05) is 38.4 Å². The first kappa shape index (κ1) is 17.5. The zero-order valence-corrected chi connectivity index (χ0v) is 14.7. The molecule has 0 radical (unpaired) electrons. The Bertz CT molecular complexity index is 480. The fourth-order valence-corrected chi connectivity index (χ4v) is 2.29. The predicted molar refractivity (Wildman–Crippen MR) is 89.6 cm³/mol. The Balaban J connectivity index is 2.42. The third-order valence-corrected chi connectivity index (χ3v) is 3.71. The van der Waals surface area contributed by atoms with Crippen LogP contribution in [0.4, 0.5) is 0 Å². The molecule has 1 aromatic rings. The molecular weight excluding hydrogens is 262 g/mol. The van der Waals surface area contributed by atoms with Crippen molar-refractivity contribution in [2.45, 2.75) is 54.0 Å². The molecule has 5 heteroatoms. The van der Waals surface area contributed by atoms with Crippen LogP contribution < -0.4 is 10.6 Å². The van der Waals surface area contributed by atoms with Crippen molar-refractivity contribution in [3.63, 3.8) is 0 Å². The minimum Gasteiger partial charge on any atom is -0.356 e. The Labute approximate surface area is 129 Å². The Morgan fingerprint density at radius 3 is 2.38 bits per heavy atom. The Kier molecular flexibility index (Phi) is 6.24. The smallest absolute Gasteiger partial charge is 0.191 e. The normalized spacial score (nSPS) is 12.6. The molecule has 120 valence electrons. The van der Waals surface area contributed by atoms with Crippen LogP contribution in [0.15, 0.2) is 4.99 Å². The Morgan fingerprint density at radius 2 is 1.90 bits per heavy atom. The van der Waals surface area contributed by atoms with Gasteiger partial charge in [0.25, 0.3) is 0 Å². The highest BCUT2D eigenvalue weighted by molar-refractivity contribution is 5.79. The summed E-state index contributed by atoms with van der Waals surface area (Å²) in [4.78, 5) is 4.27. The van der Waals surface area contributed by atoms with E-state index >= 15 is 0 Å². The molecule has 0 unspecified atom stereocenters. The topological polar surface area (TPSA) is 54.2 Å². The third-order valence-electron chi connectivity index (χ3n) is 3.71. The van der Waals surface area contributed by atoms with Crippen LogP contribution in [0.3, 0.4) is 0 Å². The van der Waals surface area contributed by atoms with Crippen molar-refractivity contribution in [1.82, 2.24) is 20.4 Å². The van der Waals surface area contributed by atoms with E-state index in [1.165, 1.54) is 17.7 Å². The van der Waals surface area contributed by atoms with Crippen LogP contribution in [0.2, 0.25) is 0 Å². The second-order valence-corrected chi connectivity index (χ2v) is 6.79. The predicted octanol–water partition coefficient (Wildman–Crippen LogP) is 2.53. The van der Waals surface area contributed by atoms with E-state index in [4.69, 9.17) is 0 Å². The molecule has 1 heterocycles. The third kappa shape index (κ3) is 5.78. The molecule has 5 nitrogen and oxygen atoms in total. The van der Waals surface area contributed by atoms with Gasteiger partial charge in [-0.25, -0.2) is 0 Å². The molecular formula is C16H31N5. The highest BCUT2D eigenvalue weighted by Crippen LogP contribution is 2.19. The summed E-state index contributed by atoms with van der Waals surface area (Å²) in [7, 11) is 3.79. The second kappa shape index (κ2) is 7.48. The van der Waals surface area contributed by atoms with Gasteiger partial charge in [0.05, 0.1) is 5.69 Å². The summed E-state index contributed by atoms with van der Waals surface area (Å²) >= 11 is 0. The summed E-state index contributed by atoms with van der Waals surface area (Å²) in [6.07, 6.45) is 2.35. The molecule has 0 aliphatic heterocycles. The van der Waals surface area contributed by atoms with Gasteiger partial charge >= 0.3 is 0 Å². The molecule has 0 saturated heterocycles. The molecule has 2 N–H and O–H groups in total. The minimum absolute atomic E-state index is 0.391. The van der Waals surface area contributed by atoms with E-state index in [9.17, 15) is 0 Å². The van der Waals surface area contributed by atoms with Gasteiger partial charge in [0.2, 0.25) is 0 Å². The number of aryl methyl sites for hydroxylation is 2. The van der Waals surface area contributed by atoms with Crippen LogP contribution >= 0.6 is 0 Å². The lowest BCUT2D eigenvalue weighted by atomic mass is 9.91. The minimum atomic E-state index is 0.391. The molecule has 1 aromatic heterocycles. The van der Waals surface area contributed by atoms with Crippen molar-refractivity contribution < 1.29 is 0 Å². The van der Waals surface area contributed by atoms with E-state index in [-0.39, 0.29) is 0 Å². The highest BCUT2D eigenvalue weighted by Gasteiger charge is 2.11. The Hall–Kier alpha value is -1.52. The highest BCUT2D eigenvalue weighted by atomic mass is 15.3. The number of aliphatic imine (C=N–C) groups is 1. The first-order valence-electron chi connectivity index (χ1n) is 7.68. The fraction of sp³-hybridized carbons (Fsp3) is 0.750. The van der Waals surface area contributed by atoms with Gasteiger partial charge in [-0.1, -0.05) is 20.8 Å². The maximum absolute atomic E-state index is 4.43. The van der Waals surface area contributed by atoms with Crippen LogP contribution in [-0.4, -0.2) is 29.3 Å². The van der Waals surface area contributed by atoms with Crippen molar-refractivity contribution >= 4 is 5.96 Å². The van der Waals surface area contributed by atoms with E-state index < -0.39 is 0 Å². The van der Waals surface area contributed by atoms with E-state index in [1.807, 2.05) is 25.7 Å². The number of guanidine groups is 1. The zero-order valence-electron chi connectivity index (χ0n) is 14.7. The van der Waals surface area contributed by atoms with E-state index in [0.29, 0.717) is 5.41 Å². The molecule has 0 spiro atoms. The van der Waals surface area contributed by atoms with Crippen LogP contribution in [0, 0.1) is 19.3 Å². The average Bonchev–Trinajstić information content (AvgIpc) is 2.62. The number of aromatic nitrogens is 2. The van der Waals surface area contributed by atoms with Gasteiger partial charge < -0.3 is 10.6 Å². The van der Waals surface area contributed by atoms with Crippen LogP contribution in [-0.2, 0) is 13.6 Å². The monoisotopic (exact) mass is 293 g/mol. The molecule has 0 aliphatic carbocycles. The van der Waals surface area contributed by atoms with Crippen LogP contribution in [0.1, 0.15) is 50.6 Å². The van der Waals surface area contributed by atoms with Gasteiger partial charge in [0.1, 0.15) is 0 Å². The second-order valence-electron chi connectivity index (χ2n) is 6.79. The molecule has 0 atom stereocenters. The average molecular weight is 293 g/mol. The maximum atomic E-state index is 4.43. The van der Waals surface area contributed by atoms with Gasteiger partial charge in [-0.15, -0.1) is 0 Å². The quantitative estimate of drug-likeness (QED) is 0.498. The van der Waals surface area contributed by atoms with E-state index in [0.717, 1.165) is 31.2 Å². The SMILES string of the molecule is CN=C(NCCCC(C)(C)C)NCc1c(C)nn(C)c1C. The van der Waals surface area contributed by atoms with Crippen molar-refractivity contribution in [2.75, 3.05) is 13.6 Å². The van der Waals surface area contributed by atoms with Gasteiger partial charge in [0.15, 0.2) is 5.96 Å².